The third-order valence-electron chi connectivity index (χ3n) is 2.71. The molecule has 1 saturated heterocycles. The standard InChI is InChI=1S/C10H13F3N2O/c1-2-7-8(10(11,12)13)15-9(16-7)6-3-4-14-5-6/h6,14H,2-5H2,1H3. The van der Waals surface area contributed by atoms with E-state index in [0.29, 0.717) is 6.54 Å². The second kappa shape index (κ2) is 4.08. The van der Waals surface area contributed by atoms with Crippen molar-refractivity contribution in [1.82, 2.24) is 10.3 Å². The fourth-order valence-corrected chi connectivity index (χ4v) is 1.87. The predicted molar refractivity (Wildman–Crippen MR) is 51.1 cm³/mol. The van der Waals surface area contributed by atoms with E-state index in [0.717, 1.165) is 13.0 Å². The van der Waals surface area contributed by atoms with Gasteiger partial charge < -0.3 is 9.73 Å². The van der Waals surface area contributed by atoms with E-state index in [1.807, 2.05) is 0 Å². The highest BCUT2D eigenvalue weighted by atomic mass is 19.4. The van der Waals surface area contributed by atoms with Crippen LogP contribution in [0.2, 0.25) is 0 Å². The molecule has 3 nitrogen and oxygen atoms in total. The molecule has 90 valence electrons. The van der Waals surface area contributed by atoms with E-state index in [2.05, 4.69) is 10.3 Å². The van der Waals surface area contributed by atoms with Crippen molar-refractivity contribution in [3.05, 3.63) is 17.3 Å². The van der Waals surface area contributed by atoms with Crippen LogP contribution in [0.1, 0.15) is 36.6 Å². The Kier molecular flexibility index (Phi) is 2.92. The van der Waals surface area contributed by atoms with E-state index in [1.165, 1.54) is 0 Å². The minimum atomic E-state index is -4.42. The maximum absolute atomic E-state index is 12.6. The first kappa shape index (κ1) is 11.4. The van der Waals surface area contributed by atoms with Crippen LogP contribution in [0, 0.1) is 0 Å². The molecule has 0 spiro atoms. The molecule has 16 heavy (non-hydrogen) atoms. The quantitative estimate of drug-likeness (QED) is 0.853. The summed E-state index contributed by atoms with van der Waals surface area (Å²) in [6.07, 6.45) is -3.43. The lowest BCUT2D eigenvalue weighted by Gasteiger charge is -2.02. The molecule has 0 aromatic carbocycles. The largest absolute Gasteiger partial charge is 0.445 e. The maximum Gasteiger partial charge on any atom is 0.436 e. The molecular formula is C10H13F3N2O. The number of nitrogens with one attached hydrogen (secondary N) is 1. The Bertz CT molecular complexity index is 367. The van der Waals surface area contributed by atoms with Crippen LogP contribution in [0.15, 0.2) is 4.42 Å². The van der Waals surface area contributed by atoms with Crippen LogP contribution >= 0.6 is 0 Å². The summed E-state index contributed by atoms with van der Waals surface area (Å²) >= 11 is 0. The fraction of sp³-hybridized carbons (Fsp3) is 0.700. The Balaban J connectivity index is 2.31. The highest BCUT2D eigenvalue weighted by molar-refractivity contribution is 5.16. The lowest BCUT2D eigenvalue weighted by atomic mass is 10.1. The Labute approximate surface area is 91.0 Å². The maximum atomic E-state index is 12.6. The number of aromatic nitrogens is 1. The second-order valence-corrected chi connectivity index (χ2v) is 3.86. The molecule has 0 amide bonds. The van der Waals surface area contributed by atoms with Gasteiger partial charge in [-0.25, -0.2) is 4.98 Å². The number of alkyl halides is 3. The molecule has 0 saturated carbocycles. The van der Waals surface area contributed by atoms with Gasteiger partial charge in [0, 0.05) is 18.9 Å². The molecule has 1 aliphatic heterocycles. The van der Waals surface area contributed by atoms with Crippen molar-refractivity contribution < 1.29 is 17.6 Å². The van der Waals surface area contributed by atoms with Crippen molar-refractivity contribution in [2.24, 2.45) is 0 Å². The Morgan fingerprint density at radius 3 is 2.69 bits per heavy atom. The summed E-state index contributed by atoms with van der Waals surface area (Å²) in [6, 6.07) is 0. The van der Waals surface area contributed by atoms with Crippen molar-refractivity contribution in [2.75, 3.05) is 13.1 Å². The Morgan fingerprint density at radius 1 is 1.50 bits per heavy atom. The first-order valence-corrected chi connectivity index (χ1v) is 5.30. The van der Waals surface area contributed by atoms with Gasteiger partial charge in [-0.1, -0.05) is 6.92 Å². The van der Waals surface area contributed by atoms with Gasteiger partial charge in [-0.05, 0) is 13.0 Å². The molecule has 1 unspecified atom stereocenters. The molecule has 1 aliphatic rings. The Morgan fingerprint density at radius 2 is 2.25 bits per heavy atom. The van der Waals surface area contributed by atoms with E-state index in [4.69, 9.17) is 4.42 Å². The van der Waals surface area contributed by atoms with Crippen LogP contribution in [0.25, 0.3) is 0 Å². The highest BCUT2D eigenvalue weighted by Crippen LogP contribution is 2.34. The van der Waals surface area contributed by atoms with Crippen LogP contribution in [-0.2, 0) is 12.6 Å². The summed E-state index contributed by atoms with van der Waals surface area (Å²) in [5.41, 5.74) is -0.864. The van der Waals surface area contributed by atoms with Crippen LogP contribution in [0.5, 0.6) is 0 Å². The van der Waals surface area contributed by atoms with Crippen molar-refractivity contribution in [3.63, 3.8) is 0 Å². The highest BCUT2D eigenvalue weighted by Gasteiger charge is 2.39. The topological polar surface area (TPSA) is 38.1 Å². The van der Waals surface area contributed by atoms with Gasteiger partial charge in [0.2, 0.25) is 0 Å². The van der Waals surface area contributed by atoms with Gasteiger partial charge in [-0.15, -0.1) is 0 Å². The minimum Gasteiger partial charge on any atom is -0.445 e. The molecular weight excluding hydrogens is 221 g/mol. The molecule has 6 heteroatoms. The van der Waals surface area contributed by atoms with Gasteiger partial charge in [0.15, 0.2) is 11.6 Å². The van der Waals surface area contributed by atoms with E-state index in [9.17, 15) is 13.2 Å². The zero-order chi connectivity index (χ0) is 11.8. The molecule has 0 radical (unpaired) electrons. The molecule has 0 aliphatic carbocycles. The monoisotopic (exact) mass is 234 g/mol. The lowest BCUT2D eigenvalue weighted by molar-refractivity contribution is -0.141. The number of rotatable bonds is 2. The van der Waals surface area contributed by atoms with E-state index < -0.39 is 11.9 Å². The predicted octanol–water partition coefficient (Wildman–Crippen LogP) is 2.33. The van der Waals surface area contributed by atoms with Crippen molar-refractivity contribution >= 4 is 0 Å². The molecule has 0 bridgehead atoms. The molecule has 1 fully saturated rings. The number of aryl methyl sites for hydroxylation is 1. The number of hydrogen-bond donors (Lipinski definition) is 1. The third kappa shape index (κ3) is 2.07. The molecule has 2 rings (SSSR count). The average molecular weight is 234 g/mol. The summed E-state index contributed by atoms with van der Waals surface area (Å²) in [5, 5.41) is 3.08. The molecule has 1 aromatic rings. The number of halogens is 3. The zero-order valence-corrected chi connectivity index (χ0v) is 8.90. The fourth-order valence-electron chi connectivity index (χ4n) is 1.87. The number of nitrogens with zero attached hydrogens (tertiary/aromatic N) is 1. The van der Waals surface area contributed by atoms with Gasteiger partial charge in [-0.3, -0.25) is 0 Å². The van der Waals surface area contributed by atoms with Crippen LogP contribution in [-0.4, -0.2) is 18.1 Å². The first-order chi connectivity index (χ1) is 7.52. The summed E-state index contributed by atoms with van der Waals surface area (Å²) in [6.45, 7) is 3.07. The molecule has 2 heterocycles. The zero-order valence-electron chi connectivity index (χ0n) is 8.90. The normalized spacial score (nSPS) is 21.6. The summed E-state index contributed by atoms with van der Waals surface area (Å²) in [4.78, 5) is 3.60. The smallest absolute Gasteiger partial charge is 0.436 e. The third-order valence-corrected chi connectivity index (χ3v) is 2.71. The number of hydrogen-bond acceptors (Lipinski definition) is 3. The van der Waals surface area contributed by atoms with Gasteiger partial charge in [0.1, 0.15) is 5.76 Å². The second-order valence-electron chi connectivity index (χ2n) is 3.86. The average Bonchev–Trinajstić information content (AvgIpc) is 2.85. The Hall–Kier alpha value is -1.04. The van der Waals surface area contributed by atoms with E-state index in [1.54, 1.807) is 6.92 Å². The van der Waals surface area contributed by atoms with Crippen LogP contribution < -0.4 is 5.32 Å². The van der Waals surface area contributed by atoms with E-state index in [-0.39, 0.29) is 24.0 Å². The lowest BCUT2D eigenvalue weighted by Crippen LogP contribution is -2.10. The van der Waals surface area contributed by atoms with Crippen molar-refractivity contribution in [1.29, 1.82) is 0 Å². The van der Waals surface area contributed by atoms with Crippen molar-refractivity contribution in [2.45, 2.75) is 31.9 Å². The molecule has 1 atom stereocenters. The van der Waals surface area contributed by atoms with Crippen LogP contribution in [0.4, 0.5) is 13.2 Å². The summed E-state index contributed by atoms with van der Waals surface area (Å²) in [5.74, 6) is 0.130. The van der Waals surface area contributed by atoms with Gasteiger partial charge in [-0.2, -0.15) is 13.2 Å². The van der Waals surface area contributed by atoms with Gasteiger partial charge in [0.25, 0.3) is 0 Å². The molecule has 1 aromatic heterocycles. The van der Waals surface area contributed by atoms with Crippen LogP contribution in [0.3, 0.4) is 0 Å². The summed E-state index contributed by atoms with van der Waals surface area (Å²) in [7, 11) is 0. The van der Waals surface area contributed by atoms with Gasteiger partial charge in [0.05, 0.1) is 0 Å². The van der Waals surface area contributed by atoms with Crippen molar-refractivity contribution in [3.8, 4) is 0 Å². The minimum absolute atomic E-state index is 0.0265. The SMILES string of the molecule is CCc1oc(C2CCNC2)nc1C(F)(F)F. The number of oxazole rings is 1. The molecule has 1 N–H and O–H groups in total. The van der Waals surface area contributed by atoms with E-state index >= 15 is 0 Å². The van der Waals surface area contributed by atoms with Gasteiger partial charge >= 0.3 is 6.18 Å². The summed E-state index contributed by atoms with van der Waals surface area (Å²) < 4.78 is 43.0. The first-order valence-electron chi connectivity index (χ1n) is 5.30.